The van der Waals surface area contributed by atoms with Gasteiger partial charge >= 0.3 is 0 Å². The van der Waals surface area contributed by atoms with Crippen molar-refractivity contribution in [1.29, 1.82) is 0 Å². The third kappa shape index (κ3) is 2.74. The highest BCUT2D eigenvalue weighted by molar-refractivity contribution is 6.30. The Balaban J connectivity index is 1.43. The molecule has 8 aromatic rings. The summed E-state index contributed by atoms with van der Waals surface area (Å²) in [7, 11) is 0. The van der Waals surface area contributed by atoms with Crippen molar-refractivity contribution in [3.63, 3.8) is 0 Å². The molecular weight excluding hydrogens is 534 g/mol. The van der Waals surface area contributed by atoms with E-state index in [0.29, 0.717) is 0 Å². The molecule has 10 rings (SSSR count). The van der Waals surface area contributed by atoms with Gasteiger partial charge in [-0.1, -0.05) is 119 Å². The predicted octanol–water partition coefficient (Wildman–Crippen LogP) is 11.3. The van der Waals surface area contributed by atoms with Crippen LogP contribution in [0.25, 0.3) is 71.7 Å². The van der Waals surface area contributed by atoms with Crippen molar-refractivity contribution in [2.75, 3.05) is 0 Å². The Morgan fingerprint density at radius 1 is 0.545 bits per heavy atom. The van der Waals surface area contributed by atoms with Crippen LogP contribution in [0, 0.1) is 0 Å². The van der Waals surface area contributed by atoms with Crippen LogP contribution in [0.5, 0.6) is 0 Å². The Hall–Kier alpha value is -5.08. The van der Waals surface area contributed by atoms with Crippen molar-refractivity contribution < 1.29 is 4.42 Å². The molecule has 0 spiro atoms. The van der Waals surface area contributed by atoms with Gasteiger partial charge in [0.05, 0.1) is 16.4 Å². The van der Waals surface area contributed by atoms with Gasteiger partial charge in [-0.3, -0.25) is 0 Å². The highest BCUT2D eigenvalue weighted by Crippen LogP contribution is 2.58. The molecule has 0 saturated heterocycles. The number of aromatic nitrogens is 1. The first-order chi connectivity index (χ1) is 21.4. The summed E-state index contributed by atoms with van der Waals surface area (Å²) in [5.74, 6) is 0. The maximum absolute atomic E-state index is 6.88. The number of benzene rings is 6. The van der Waals surface area contributed by atoms with Gasteiger partial charge in [0.25, 0.3) is 0 Å². The molecule has 0 radical (unpaired) electrons. The lowest BCUT2D eigenvalue weighted by molar-refractivity contribution is 0.658. The molecule has 2 aliphatic rings. The van der Waals surface area contributed by atoms with Gasteiger partial charge < -0.3 is 8.98 Å². The van der Waals surface area contributed by atoms with Crippen LogP contribution in [0.4, 0.5) is 0 Å². The van der Waals surface area contributed by atoms with E-state index in [2.05, 4.69) is 148 Å². The minimum atomic E-state index is -0.187. The molecule has 0 fully saturated rings. The Morgan fingerprint density at radius 3 is 2.00 bits per heavy atom. The zero-order chi connectivity index (χ0) is 29.5. The van der Waals surface area contributed by atoms with Crippen LogP contribution in [0.15, 0.2) is 120 Å². The first-order valence-electron chi connectivity index (χ1n) is 15.6. The second-order valence-electron chi connectivity index (χ2n) is 13.7. The highest BCUT2D eigenvalue weighted by atomic mass is 16.3. The van der Waals surface area contributed by atoms with Gasteiger partial charge in [-0.2, -0.15) is 0 Å². The summed E-state index contributed by atoms with van der Waals surface area (Å²) in [5.41, 5.74) is 16.0. The smallest absolute Gasteiger partial charge is 0.145 e. The normalized spacial score (nSPS) is 15.6. The Morgan fingerprint density at radius 2 is 1.18 bits per heavy atom. The van der Waals surface area contributed by atoms with Crippen molar-refractivity contribution in [2.45, 2.75) is 38.5 Å². The summed E-state index contributed by atoms with van der Waals surface area (Å²) < 4.78 is 9.40. The number of para-hydroxylation sites is 2. The Bertz CT molecular complexity index is 2550. The van der Waals surface area contributed by atoms with Gasteiger partial charge in [-0.05, 0) is 63.2 Å². The molecule has 2 nitrogen and oxygen atoms in total. The highest BCUT2D eigenvalue weighted by Gasteiger charge is 2.42. The summed E-state index contributed by atoms with van der Waals surface area (Å²) in [5, 5.41) is 4.98. The van der Waals surface area contributed by atoms with Crippen LogP contribution in [-0.2, 0) is 10.8 Å². The molecule has 2 heteroatoms. The lowest BCUT2D eigenvalue weighted by Gasteiger charge is -2.23. The van der Waals surface area contributed by atoms with Gasteiger partial charge in [0.15, 0.2) is 0 Å². The third-order valence-electron chi connectivity index (χ3n) is 10.8. The number of hydrogen-bond donors (Lipinski definition) is 0. The van der Waals surface area contributed by atoms with Crippen LogP contribution < -0.4 is 0 Å². The van der Waals surface area contributed by atoms with E-state index in [0.717, 1.165) is 16.6 Å². The average Bonchev–Trinajstić information content (AvgIpc) is 3.72. The number of hydrogen-bond acceptors (Lipinski definition) is 1. The topological polar surface area (TPSA) is 18.1 Å². The summed E-state index contributed by atoms with van der Waals surface area (Å²) in [6.07, 6.45) is 0. The summed E-state index contributed by atoms with van der Waals surface area (Å²) in [6, 6.07) is 42.4. The van der Waals surface area contributed by atoms with Crippen molar-refractivity contribution >= 4 is 43.7 Å². The molecule has 6 aromatic carbocycles. The molecule has 44 heavy (non-hydrogen) atoms. The van der Waals surface area contributed by atoms with E-state index in [9.17, 15) is 0 Å². The first-order valence-corrected chi connectivity index (χ1v) is 15.6. The standard InChI is InChI=1S/C42H31NO/c1-41(2)30-17-9-5-13-25(30)26-22-21-24(23-32(26)41)43-33-19-11-7-15-28(33)35-38-36(27-14-6-10-18-31(27)42(38,3)4)40-37(39(35)43)29-16-8-12-20-34(29)44-40/h5-23H,1-4H3. The Labute approximate surface area is 256 Å². The lowest BCUT2D eigenvalue weighted by atomic mass is 9.80. The van der Waals surface area contributed by atoms with E-state index < -0.39 is 0 Å². The number of rotatable bonds is 1. The van der Waals surface area contributed by atoms with Gasteiger partial charge in [0.2, 0.25) is 0 Å². The fraction of sp³-hybridized carbons (Fsp3) is 0.143. The Kier molecular flexibility index (Phi) is 4.37. The number of furan rings is 1. The molecule has 0 saturated carbocycles. The molecule has 0 unspecified atom stereocenters. The zero-order valence-electron chi connectivity index (χ0n) is 25.3. The van der Waals surface area contributed by atoms with Gasteiger partial charge in [-0.25, -0.2) is 0 Å². The molecule has 0 bridgehead atoms. The van der Waals surface area contributed by atoms with Crippen LogP contribution in [0.2, 0.25) is 0 Å². The van der Waals surface area contributed by atoms with E-state index in [-0.39, 0.29) is 10.8 Å². The summed E-state index contributed by atoms with van der Waals surface area (Å²) in [4.78, 5) is 0. The minimum Gasteiger partial charge on any atom is -0.455 e. The van der Waals surface area contributed by atoms with Gasteiger partial charge in [0, 0.05) is 38.2 Å². The maximum atomic E-state index is 6.88. The van der Waals surface area contributed by atoms with Crippen LogP contribution in [-0.4, -0.2) is 4.57 Å². The molecule has 2 heterocycles. The summed E-state index contributed by atoms with van der Waals surface area (Å²) >= 11 is 0. The number of fused-ring (bicyclic) bond motifs is 15. The van der Waals surface area contributed by atoms with Gasteiger partial charge in [-0.15, -0.1) is 0 Å². The fourth-order valence-corrected chi connectivity index (χ4v) is 8.79. The second kappa shape index (κ2) is 7.89. The number of nitrogens with zero attached hydrogens (tertiary/aromatic N) is 1. The van der Waals surface area contributed by atoms with E-state index in [1.54, 1.807) is 0 Å². The molecular formula is C42H31NO. The first kappa shape index (κ1) is 24.4. The van der Waals surface area contributed by atoms with Crippen molar-refractivity contribution in [3.8, 4) is 27.9 Å². The van der Waals surface area contributed by atoms with Crippen molar-refractivity contribution in [3.05, 3.63) is 138 Å². The predicted molar refractivity (Wildman–Crippen MR) is 183 cm³/mol. The van der Waals surface area contributed by atoms with Crippen molar-refractivity contribution in [2.24, 2.45) is 0 Å². The van der Waals surface area contributed by atoms with E-state index in [1.807, 2.05) is 0 Å². The van der Waals surface area contributed by atoms with E-state index in [4.69, 9.17) is 4.42 Å². The average molecular weight is 566 g/mol. The second-order valence-corrected chi connectivity index (χ2v) is 13.7. The van der Waals surface area contributed by atoms with Crippen LogP contribution >= 0.6 is 0 Å². The molecule has 2 aromatic heterocycles. The fourth-order valence-electron chi connectivity index (χ4n) is 8.79. The monoisotopic (exact) mass is 565 g/mol. The van der Waals surface area contributed by atoms with Gasteiger partial charge in [0.1, 0.15) is 11.2 Å². The van der Waals surface area contributed by atoms with E-state index >= 15 is 0 Å². The van der Waals surface area contributed by atoms with Crippen molar-refractivity contribution in [1.82, 2.24) is 4.57 Å². The molecule has 0 amide bonds. The molecule has 210 valence electrons. The largest absolute Gasteiger partial charge is 0.455 e. The summed E-state index contributed by atoms with van der Waals surface area (Å²) in [6.45, 7) is 9.49. The molecule has 0 aliphatic heterocycles. The van der Waals surface area contributed by atoms with Crippen LogP contribution in [0.3, 0.4) is 0 Å². The third-order valence-corrected chi connectivity index (χ3v) is 10.8. The molecule has 0 N–H and O–H groups in total. The molecule has 0 atom stereocenters. The maximum Gasteiger partial charge on any atom is 0.145 e. The van der Waals surface area contributed by atoms with Crippen LogP contribution in [0.1, 0.15) is 49.9 Å². The minimum absolute atomic E-state index is 0.0801. The lowest BCUT2D eigenvalue weighted by Crippen LogP contribution is -2.15. The molecule has 2 aliphatic carbocycles. The SMILES string of the molecule is CC1(C)c2ccccc2-c2ccc(-n3c4ccccc4c4c5c(c6oc7ccccc7c6c43)-c3ccccc3C5(C)C)cc21. The zero-order valence-corrected chi connectivity index (χ0v) is 25.3. The van der Waals surface area contributed by atoms with E-state index in [1.165, 1.54) is 77.4 Å². The quantitative estimate of drug-likeness (QED) is 0.194.